The third-order valence-electron chi connectivity index (χ3n) is 7.82. The number of aliphatic imine (C=N–C) groups is 1. The van der Waals surface area contributed by atoms with Crippen LogP contribution in [0.2, 0.25) is 0 Å². The van der Waals surface area contributed by atoms with E-state index in [1.807, 2.05) is 60.7 Å². The van der Waals surface area contributed by atoms with Gasteiger partial charge < -0.3 is 20.6 Å². The smallest absolute Gasteiger partial charge is 0.407 e. The average Bonchev–Trinajstić information content (AvgIpc) is 3.23. The molecular formula is C31H32FN5O4. The molecule has 10 heteroatoms. The molecule has 1 saturated heterocycles. The van der Waals surface area contributed by atoms with Gasteiger partial charge in [-0.05, 0) is 54.7 Å². The Morgan fingerprint density at radius 2 is 1.61 bits per heavy atom. The molecule has 3 aromatic rings. The van der Waals surface area contributed by atoms with E-state index in [2.05, 4.69) is 4.99 Å². The molecule has 2 aliphatic rings. The maximum atomic E-state index is 14.8. The monoisotopic (exact) mass is 557 g/mol. The first-order chi connectivity index (χ1) is 19.7. The minimum Gasteiger partial charge on any atom is -0.465 e. The van der Waals surface area contributed by atoms with Crippen molar-refractivity contribution < 1.29 is 23.9 Å². The Morgan fingerprint density at radius 3 is 2.15 bits per heavy atom. The van der Waals surface area contributed by atoms with E-state index in [9.17, 15) is 23.9 Å². The van der Waals surface area contributed by atoms with E-state index in [-0.39, 0.29) is 35.9 Å². The first-order valence-corrected chi connectivity index (χ1v) is 13.6. The molecule has 1 fully saturated rings. The lowest BCUT2D eigenvalue weighted by Gasteiger charge is -2.36. The molecule has 0 atom stereocenters. The van der Waals surface area contributed by atoms with Crippen molar-refractivity contribution in [3.8, 4) is 0 Å². The van der Waals surface area contributed by atoms with Gasteiger partial charge in [0.05, 0.1) is 6.54 Å². The van der Waals surface area contributed by atoms with Crippen molar-refractivity contribution in [2.24, 2.45) is 10.7 Å². The largest absolute Gasteiger partial charge is 0.465 e. The Bertz CT molecular complexity index is 1430. The van der Waals surface area contributed by atoms with Gasteiger partial charge in [0.15, 0.2) is 11.5 Å². The van der Waals surface area contributed by atoms with Crippen molar-refractivity contribution in [3.05, 3.63) is 107 Å². The molecule has 3 N–H and O–H groups in total. The zero-order valence-electron chi connectivity index (χ0n) is 22.7. The maximum absolute atomic E-state index is 14.8. The van der Waals surface area contributed by atoms with Gasteiger partial charge in [-0.3, -0.25) is 14.5 Å². The number of hydrogen-bond acceptors (Lipinski definition) is 5. The number of likely N-dealkylation sites (tertiary alicyclic amines) is 1. The predicted molar refractivity (Wildman–Crippen MR) is 152 cm³/mol. The van der Waals surface area contributed by atoms with Crippen LogP contribution in [0.4, 0.5) is 9.18 Å². The summed E-state index contributed by atoms with van der Waals surface area (Å²) in [4.78, 5) is 47.9. The number of amides is 3. The Kier molecular flexibility index (Phi) is 7.74. The summed E-state index contributed by atoms with van der Waals surface area (Å²) in [5.74, 6) is -1.32. The van der Waals surface area contributed by atoms with Crippen molar-refractivity contribution in [2.45, 2.75) is 37.9 Å². The van der Waals surface area contributed by atoms with Crippen molar-refractivity contribution in [1.29, 1.82) is 0 Å². The first kappa shape index (κ1) is 27.8. The normalized spacial score (nSPS) is 16.9. The van der Waals surface area contributed by atoms with Crippen molar-refractivity contribution in [2.75, 3.05) is 19.6 Å². The Hall–Kier alpha value is -4.73. The lowest BCUT2D eigenvalue weighted by Crippen LogP contribution is -2.48. The van der Waals surface area contributed by atoms with Crippen LogP contribution in [0.3, 0.4) is 0 Å². The number of carbonyl (C=O) groups is 3. The molecule has 3 aromatic carbocycles. The second-order valence-corrected chi connectivity index (χ2v) is 10.2. The first-order valence-electron chi connectivity index (χ1n) is 13.6. The van der Waals surface area contributed by atoms with Gasteiger partial charge in [0, 0.05) is 31.2 Å². The lowest BCUT2D eigenvalue weighted by molar-refractivity contribution is -0.130. The highest BCUT2D eigenvalue weighted by molar-refractivity contribution is 6.09. The van der Waals surface area contributed by atoms with Gasteiger partial charge in [0.2, 0.25) is 0 Å². The molecule has 0 unspecified atom stereocenters. The molecule has 9 nitrogen and oxygen atoms in total. The van der Waals surface area contributed by atoms with Crippen LogP contribution in [0.15, 0.2) is 83.9 Å². The molecule has 2 aliphatic heterocycles. The fourth-order valence-electron chi connectivity index (χ4n) is 5.79. The van der Waals surface area contributed by atoms with Crippen LogP contribution in [0.25, 0.3) is 0 Å². The number of guanidine groups is 1. The molecule has 3 amide bonds. The lowest BCUT2D eigenvalue weighted by atomic mass is 9.83. The zero-order valence-corrected chi connectivity index (χ0v) is 22.7. The van der Waals surface area contributed by atoms with Crippen LogP contribution >= 0.6 is 0 Å². The van der Waals surface area contributed by atoms with Gasteiger partial charge in [0.1, 0.15) is 5.82 Å². The molecule has 5 rings (SSSR count). The summed E-state index contributed by atoms with van der Waals surface area (Å²) in [5.41, 5.74) is 6.82. The van der Waals surface area contributed by atoms with E-state index in [1.54, 1.807) is 17.9 Å². The Balaban J connectivity index is 1.37. The van der Waals surface area contributed by atoms with Crippen LogP contribution in [0.5, 0.6) is 0 Å². The maximum Gasteiger partial charge on any atom is 0.407 e. The molecule has 0 aromatic heterocycles. The molecule has 41 heavy (non-hydrogen) atoms. The number of piperidine rings is 1. The third-order valence-corrected chi connectivity index (χ3v) is 7.82. The molecule has 0 bridgehead atoms. The highest BCUT2D eigenvalue weighted by Crippen LogP contribution is 2.40. The summed E-state index contributed by atoms with van der Waals surface area (Å²) in [6, 6.07) is 22.2. The molecule has 0 aliphatic carbocycles. The summed E-state index contributed by atoms with van der Waals surface area (Å²) in [7, 11) is 0. The van der Waals surface area contributed by atoms with E-state index in [4.69, 9.17) is 5.73 Å². The van der Waals surface area contributed by atoms with Gasteiger partial charge >= 0.3 is 6.09 Å². The summed E-state index contributed by atoms with van der Waals surface area (Å²) in [6.07, 6.45) is 0.0317. The molecule has 0 spiro atoms. The number of nitrogens with zero attached hydrogens (tertiary/aromatic N) is 4. The fourth-order valence-corrected chi connectivity index (χ4v) is 5.79. The highest BCUT2D eigenvalue weighted by atomic mass is 19.1. The summed E-state index contributed by atoms with van der Waals surface area (Å²) in [5, 5.41) is 9.41. The van der Waals surface area contributed by atoms with E-state index < -0.39 is 17.4 Å². The second-order valence-electron chi connectivity index (χ2n) is 10.2. The highest BCUT2D eigenvalue weighted by Gasteiger charge is 2.50. The standard InChI is InChI=1S/C31H32FN5O4/c1-2-36(30(40)41)26-13-15-35(16-14-26)27(38)22-17-21(18-25(32)19-22)20-37-28(39)31(34-29(37)33,23-9-5-3-6-10-23)24-11-7-4-8-12-24/h3-12,17-19,26H,2,13-16,20H2,1H3,(H2,33,34)(H,40,41). The van der Waals surface area contributed by atoms with Gasteiger partial charge in [0.25, 0.3) is 11.8 Å². The quantitative estimate of drug-likeness (QED) is 0.455. The topological polar surface area (TPSA) is 120 Å². The van der Waals surface area contributed by atoms with Crippen molar-refractivity contribution in [1.82, 2.24) is 14.7 Å². The van der Waals surface area contributed by atoms with Crippen LogP contribution in [0, 0.1) is 5.82 Å². The summed E-state index contributed by atoms with van der Waals surface area (Å²) >= 11 is 0. The van der Waals surface area contributed by atoms with E-state index in [0.29, 0.717) is 49.2 Å². The molecule has 0 saturated carbocycles. The third kappa shape index (κ3) is 5.25. The molecule has 2 heterocycles. The Labute approximate surface area is 237 Å². The summed E-state index contributed by atoms with van der Waals surface area (Å²) in [6.45, 7) is 2.81. The van der Waals surface area contributed by atoms with Crippen LogP contribution < -0.4 is 5.73 Å². The van der Waals surface area contributed by atoms with Crippen molar-refractivity contribution in [3.63, 3.8) is 0 Å². The molecule has 212 valence electrons. The van der Waals surface area contributed by atoms with E-state index in [1.165, 1.54) is 21.9 Å². The number of carbonyl (C=O) groups excluding carboxylic acids is 2. The molecular weight excluding hydrogens is 525 g/mol. The van der Waals surface area contributed by atoms with Gasteiger partial charge in [-0.1, -0.05) is 60.7 Å². The number of carboxylic acid groups (broad SMARTS) is 1. The van der Waals surface area contributed by atoms with Crippen LogP contribution in [0.1, 0.15) is 46.8 Å². The van der Waals surface area contributed by atoms with E-state index >= 15 is 0 Å². The van der Waals surface area contributed by atoms with Gasteiger partial charge in [-0.15, -0.1) is 0 Å². The minimum absolute atomic E-state index is 0.000764. The van der Waals surface area contributed by atoms with Crippen molar-refractivity contribution >= 4 is 23.9 Å². The minimum atomic E-state index is -1.38. The van der Waals surface area contributed by atoms with Gasteiger partial charge in [-0.2, -0.15) is 0 Å². The number of benzene rings is 3. The SMILES string of the molecule is CCN(C(=O)O)C1CCN(C(=O)c2cc(F)cc(CN3C(=O)C(c4ccccc4)(c4ccccc4)N=C3N)c2)CC1. The van der Waals surface area contributed by atoms with Crippen LogP contribution in [-0.2, 0) is 16.9 Å². The van der Waals surface area contributed by atoms with Crippen LogP contribution in [-0.4, -0.2) is 69.3 Å². The zero-order chi connectivity index (χ0) is 29.1. The average molecular weight is 558 g/mol. The number of hydrogen-bond donors (Lipinski definition) is 2. The Morgan fingerprint density at radius 1 is 1.02 bits per heavy atom. The fraction of sp³-hybridized carbons (Fsp3) is 0.290. The predicted octanol–water partition coefficient (Wildman–Crippen LogP) is 4.03. The number of nitrogens with two attached hydrogens (primary N) is 1. The van der Waals surface area contributed by atoms with Gasteiger partial charge in [-0.25, -0.2) is 14.2 Å². The molecule has 0 radical (unpaired) electrons. The second kappa shape index (κ2) is 11.4. The van der Waals surface area contributed by atoms with E-state index in [0.717, 1.165) is 0 Å². The summed E-state index contributed by atoms with van der Waals surface area (Å²) < 4.78 is 14.8. The number of rotatable bonds is 7. The number of halogens is 1.